The maximum Gasteiger partial charge on any atom is 0.186 e. The number of carbonyl (C=O) groups excluding carboxylic acids is 1. The van der Waals surface area contributed by atoms with E-state index in [4.69, 9.17) is 4.74 Å². The first-order valence-electron chi connectivity index (χ1n) is 4.41. The normalized spacial score (nSPS) is 14.7. The van der Waals surface area contributed by atoms with Crippen LogP contribution in [0.1, 0.15) is 12.5 Å². The molecule has 0 amide bonds. The molecule has 1 aromatic carbocycles. The van der Waals surface area contributed by atoms with Gasteiger partial charge >= 0.3 is 0 Å². The number of benzene rings is 1. The summed E-state index contributed by atoms with van der Waals surface area (Å²) in [5.74, 6) is 0. The van der Waals surface area contributed by atoms with E-state index in [1.165, 1.54) is 6.92 Å². The van der Waals surface area contributed by atoms with Crippen LogP contribution in [0.2, 0.25) is 0 Å². The van der Waals surface area contributed by atoms with Crippen LogP contribution >= 0.6 is 0 Å². The molecule has 1 rings (SSSR count). The van der Waals surface area contributed by atoms with E-state index < -0.39 is 5.67 Å². The first kappa shape index (κ1) is 10.9. The average Bonchev–Trinajstić information content (AvgIpc) is 2.19. The lowest BCUT2D eigenvalue weighted by Crippen LogP contribution is -2.26. The summed E-state index contributed by atoms with van der Waals surface area (Å²) in [5, 5.41) is 0. The summed E-state index contributed by atoms with van der Waals surface area (Å²) in [6.45, 7) is 1.32. The number of carbonyl (C=O) groups is 1. The van der Waals surface area contributed by atoms with E-state index in [1.807, 2.05) is 30.3 Å². The summed E-state index contributed by atoms with van der Waals surface area (Å²) in [6.07, 6.45) is 0.262. The van der Waals surface area contributed by atoms with Crippen LogP contribution in [0.25, 0.3) is 0 Å². The van der Waals surface area contributed by atoms with Gasteiger partial charge in [-0.25, -0.2) is 4.39 Å². The van der Waals surface area contributed by atoms with E-state index in [0.717, 1.165) is 5.56 Å². The zero-order valence-electron chi connectivity index (χ0n) is 8.07. The Kier molecular flexibility index (Phi) is 3.77. The first-order valence-corrected chi connectivity index (χ1v) is 4.41. The van der Waals surface area contributed by atoms with Gasteiger partial charge in [0.15, 0.2) is 12.0 Å². The minimum absolute atomic E-state index is 0.203. The molecular formula is C11H13FO2. The van der Waals surface area contributed by atoms with Crippen molar-refractivity contribution in [3.8, 4) is 0 Å². The summed E-state index contributed by atoms with van der Waals surface area (Å²) in [5.41, 5.74) is -0.913. The molecule has 0 aromatic heterocycles. The van der Waals surface area contributed by atoms with Crippen LogP contribution in [-0.4, -0.2) is 18.6 Å². The quantitative estimate of drug-likeness (QED) is 0.674. The highest BCUT2D eigenvalue weighted by atomic mass is 19.1. The highest BCUT2D eigenvalue weighted by molar-refractivity contribution is 5.61. The number of alkyl halides is 1. The van der Waals surface area contributed by atoms with Gasteiger partial charge in [0.25, 0.3) is 0 Å². The molecule has 1 unspecified atom stereocenters. The number of hydrogen-bond acceptors (Lipinski definition) is 2. The lowest BCUT2D eigenvalue weighted by atomic mass is 10.2. The molecule has 0 spiro atoms. The number of rotatable bonds is 5. The van der Waals surface area contributed by atoms with Crippen molar-refractivity contribution in [1.29, 1.82) is 0 Å². The van der Waals surface area contributed by atoms with Gasteiger partial charge in [0.1, 0.15) is 0 Å². The fraction of sp³-hybridized carbons (Fsp3) is 0.364. The summed E-state index contributed by atoms with van der Waals surface area (Å²) >= 11 is 0. The van der Waals surface area contributed by atoms with Crippen LogP contribution in [0.4, 0.5) is 4.39 Å². The molecule has 1 atom stereocenters. The molecule has 76 valence electrons. The minimum Gasteiger partial charge on any atom is -0.373 e. The van der Waals surface area contributed by atoms with Gasteiger partial charge in [-0.2, -0.15) is 0 Å². The molecule has 0 aliphatic heterocycles. The maximum absolute atomic E-state index is 13.0. The molecule has 14 heavy (non-hydrogen) atoms. The number of halogens is 1. The van der Waals surface area contributed by atoms with Gasteiger partial charge in [0.2, 0.25) is 0 Å². The summed E-state index contributed by atoms with van der Waals surface area (Å²) < 4.78 is 18.1. The van der Waals surface area contributed by atoms with E-state index in [9.17, 15) is 9.18 Å². The Labute approximate surface area is 82.7 Å². The molecule has 2 nitrogen and oxygen atoms in total. The fourth-order valence-corrected chi connectivity index (χ4v) is 0.977. The Bertz CT molecular complexity index is 283. The van der Waals surface area contributed by atoms with Gasteiger partial charge in [-0.1, -0.05) is 30.3 Å². The zero-order chi connectivity index (χ0) is 10.4. The molecule has 0 aliphatic carbocycles. The van der Waals surface area contributed by atoms with Crippen molar-refractivity contribution in [1.82, 2.24) is 0 Å². The van der Waals surface area contributed by atoms with E-state index in [0.29, 0.717) is 6.61 Å². The number of aldehydes is 1. The van der Waals surface area contributed by atoms with Crippen LogP contribution in [-0.2, 0) is 16.1 Å². The minimum atomic E-state index is -1.88. The molecule has 0 fully saturated rings. The largest absolute Gasteiger partial charge is 0.373 e. The number of ether oxygens (including phenoxy) is 1. The second-order valence-electron chi connectivity index (χ2n) is 3.37. The summed E-state index contributed by atoms with van der Waals surface area (Å²) in [7, 11) is 0. The van der Waals surface area contributed by atoms with Crippen molar-refractivity contribution < 1.29 is 13.9 Å². The van der Waals surface area contributed by atoms with Crippen molar-refractivity contribution in [2.45, 2.75) is 19.2 Å². The van der Waals surface area contributed by atoms with E-state index in [-0.39, 0.29) is 12.9 Å². The predicted molar refractivity (Wildman–Crippen MR) is 51.7 cm³/mol. The first-order chi connectivity index (χ1) is 6.64. The lowest BCUT2D eigenvalue weighted by molar-refractivity contribution is -0.120. The van der Waals surface area contributed by atoms with Crippen LogP contribution in [0, 0.1) is 0 Å². The molecule has 1 aromatic rings. The smallest absolute Gasteiger partial charge is 0.186 e. The van der Waals surface area contributed by atoms with Crippen LogP contribution in [0.5, 0.6) is 0 Å². The molecule has 0 saturated heterocycles. The topological polar surface area (TPSA) is 26.3 Å². The zero-order valence-corrected chi connectivity index (χ0v) is 8.07. The summed E-state index contributed by atoms with van der Waals surface area (Å²) in [4.78, 5) is 10.2. The van der Waals surface area contributed by atoms with Crippen molar-refractivity contribution >= 4 is 6.29 Å². The van der Waals surface area contributed by atoms with E-state index >= 15 is 0 Å². The molecular weight excluding hydrogens is 183 g/mol. The molecule has 0 heterocycles. The fourth-order valence-electron chi connectivity index (χ4n) is 0.977. The SMILES string of the molecule is CC(F)(C=O)COCc1ccccc1. The van der Waals surface area contributed by atoms with Gasteiger partial charge in [-0.05, 0) is 12.5 Å². The third-order valence-corrected chi connectivity index (χ3v) is 1.74. The standard InChI is InChI=1S/C11H13FO2/c1-11(12,8-13)9-14-7-10-5-3-2-4-6-10/h2-6,8H,7,9H2,1H3. The van der Waals surface area contributed by atoms with E-state index in [1.54, 1.807) is 0 Å². The van der Waals surface area contributed by atoms with Crippen molar-refractivity contribution in [2.24, 2.45) is 0 Å². The monoisotopic (exact) mass is 196 g/mol. The Hall–Kier alpha value is -1.22. The Morgan fingerprint density at radius 1 is 1.43 bits per heavy atom. The van der Waals surface area contributed by atoms with E-state index in [2.05, 4.69) is 0 Å². The third kappa shape index (κ3) is 3.66. The number of hydrogen-bond donors (Lipinski definition) is 0. The van der Waals surface area contributed by atoms with Crippen molar-refractivity contribution in [3.05, 3.63) is 35.9 Å². The molecule has 0 saturated carbocycles. The van der Waals surface area contributed by atoms with Gasteiger partial charge in [-0.3, -0.25) is 4.79 Å². The highest BCUT2D eigenvalue weighted by Gasteiger charge is 2.21. The summed E-state index contributed by atoms with van der Waals surface area (Å²) in [6, 6.07) is 9.43. The van der Waals surface area contributed by atoms with Crippen LogP contribution < -0.4 is 0 Å². The van der Waals surface area contributed by atoms with Crippen molar-refractivity contribution in [2.75, 3.05) is 6.61 Å². The Morgan fingerprint density at radius 2 is 2.07 bits per heavy atom. The maximum atomic E-state index is 13.0. The highest BCUT2D eigenvalue weighted by Crippen LogP contribution is 2.08. The molecule has 0 bridgehead atoms. The van der Waals surface area contributed by atoms with Gasteiger partial charge in [0, 0.05) is 0 Å². The average molecular weight is 196 g/mol. The third-order valence-electron chi connectivity index (χ3n) is 1.74. The predicted octanol–water partition coefficient (Wildman–Crippen LogP) is 2.13. The molecule has 0 aliphatic rings. The van der Waals surface area contributed by atoms with Crippen molar-refractivity contribution in [3.63, 3.8) is 0 Å². The molecule has 0 radical (unpaired) electrons. The van der Waals surface area contributed by atoms with Crippen LogP contribution in [0.3, 0.4) is 0 Å². The Balaban J connectivity index is 2.32. The van der Waals surface area contributed by atoms with Crippen LogP contribution in [0.15, 0.2) is 30.3 Å². The lowest BCUT2D eigenvalue weighted by Gasteiger charge is -2.12. The second-order valence-corrected chi connectivity index (χ2v) is 3.37. The Morgan fingerprint density at radius 3 is 2.64 bits per heavy atom. The molecule has 0 N–H and O–H groups in total. The van der Waals surface area contributed by atoms with Gasteiger partial charge < -0.3 is 4.74 Å². The van der Waals surface area contributed by atoms with Gasteiger partial charge in [-0.15, -0.1) is 0 Å². The second kappa shape index (κ2) is 4.86. The molecule has 3 heteroatoms. The van der Waals surface area contributed by atoms with Gasteiger partial charge in [0.05, 0.1) is 13.2 Å².